The molecule has 0 aromatic carbocycles. The summed E-state index contributed by atoms with van der Waals surface area (Å²) in [6.45, 7) is 7.83. The minimum atomic E-state index is 0.852. The molecule has 0 spiro atoms. The third-order valence-electron chi connectivity index (χ3n) is 3.61. The number of hydrogen-bond donors (Lipinski definition) is 0. The number of thioether (sulfide) groups is 1. The molecule has 0 unspecified atom stereocenters. The van der Waals surface area contributed by atoms with Crippen LogP contribution in [-0.4, -0.2) is 35.1 Å². The van der Waals surface area contributed by atoms with E-state index in [0.29, 0.717) is 0 Å². The Balaban J connectivity index is 1.69. The summed E-state index contributed by atoms with van der Waals surface area (Å²) in [5.74, 6) is 2.78. The minimum Gasteiger partial charge on any atom is -0.329 e. The maximum Gasteiger partial charge on any atom is 0.191 e. The van der Waals surface area contributed by atoms with Crippen LogP contribution in [0.4, 0.5) is 0 Å². The fraction of sp³-hybridized carbons (Fsp3) is 0.375. The van der Waals surface area contributed by atoms with E-state index in [4.69, 9.17) is 0 Å². The highest BCUT2D eigenvalue weighted by atomic mass is 32.2. The van der Waals surface area contributed by atoms with Gasteiger partial charge in [0.1, 0.15) is 11.5 Å². The SMILES string of the molecule is CCn1c(C)nnc1SCCn1ccnc1-c1cccc(C)n1. The number of hydrogen-bond acceptors (Lipinski definition) is 5. The molecule has 0 amide bonds. The summed E-state index contributed by atoms with van der Waals surface area (Å²) in [5, 5.41) is 9.35. The van der Waals surface area contributed by atoms with Gasteiger partial charge in [0.25, 0.3) is 0 Å². The monoisotopic (exact) mass is 328 g/mol. The average Bonchev–Trinajstić information content (AvgIpc) is 3.14. The summed E-state index contributed by atoms with van der Waals surface area (Å²) in [6, 6.07) is 6.00. The molecule has 7 heteroatoms. The van der Waals surface area contributed by atoms with Gasteiger partial charge in [-0.15, -0.1) is 10.2 Å². The van der Waals surface area contributed by atoms with Crippen molar-refractivity contribution in [1.29, 1.82) is 0 Å². The summed E-state index contributed by atoms with van der Waals surface area (Å²) in [4.78, 5) is 9.01. The Hall–Kier alpha value is -2.15. The van der Waals surface area contributed by atoms with E-state index in [2.05, 4.69) is 36.2 Å². The fourth-order valence-electron chi connectivity index (χ4n) is 2.46. The Morgan fingerprint density at radius 2 is 2.04 bits per heavy atom. The number of imidazole rings is 1. The van der Waals surface area contributed by atoms with E-state index in [1.165, 1.54) is 0 Å². The second-order valence-electron chi connectivity index (χ2n) is 5.23. The maximum absolute atomic E-state index is 4.56. The number of aromatic nitrogens is 6. The van der Waals surface area contributed by atoms with E-state index in [9.17, 15) is 0 Å². The molecule has 0 aliphatic rings. The molecule has 3 aromatic rings. The molecule has 0 saturated heterocycles. The van der Waals surface area contributed by atoms with Gasteiger partial charge < -0.3 is 9.13 Å². The van der Waals surface area contributed by atoms with Crippen LogP contribution in [0.3, 0.4) is 0 Å². The van der Waals surface area contributed by atoms with Gasteiger partial charge in [-0.2, -0.15) is 0 Å². The van der Waals surface area contributed by atoms with Gasteiger partial charge in [-0.1, -0.05) is 17.8 Å². The van der Waals surface area contributed by atoms with Crippen LogP contribution in [0.15, 0.2) is 35.7 Å². The Morgan fingerprint density at radius 1 is 1.17 bits per heavy atom. The molecule has 0 radical (unpaired) electrons. The van der Waals surface area contributed by atoms with Gasteiger partial charge in [0, 0.05) is 36.9 Å². The van der Waals surface area contributed by atoms with Gasteiger partial charge in [0.05, 0.1) is 0 Å². The molecular weight excluding hydrogens is 308 g/mol. The lowest BCUT2D eigenvalue weighted by atomic mass is 10.3. The number of aryl methyl sites for hydroxylation is 3. The van der Waals surface area contributed by atoms with Crippen LogP contribution < -0.4 is 0 Å². The second kappa shape index (κ2) is 6.95. The third-order valence-corrected chi connectivity index (χ3v) is 4.56. The van der Waals surface area contributed by atoms with E-state index in [1.807, 2.05) is 44.4 Å². The number of nitrogens with zero attached hydrogens (tertiary/aromatic N) is 6. The number of rotatable bonds is 6. The van der Waals surface area contributed by atoms with Gasteiger partial charge in [-0.25, -0.2) is 9.97 Å². The van der Waals surface area contributed by atoms with Crippen LogP contribution in [0, 0.1) is 13.8 Å². The first-order chi connectivity index (χ1) is 11.2. The van der Waals surface area contributed by atoms with Gasteiger partial charge in [-0.05, 0) is 32.9 Å². The van der Waals surface area contributed by atoms with E-state index in [0.717, 1.165) is 47.0 Å². The van der Waals surface area contributed by atoms with E-state index in [1.54, 1.807) is 11.8 Å². The van der Waals surface area contributed by atoms with Gasteiger partial charge in [0.2, 0.25) is 0 Å². The molecule has 3 aromatic heterocycles. The first-order valence-electron chi connectivity index (χ1n) is 7.66. The highest BCUT2D eigenvalue weighted by Gasteiger charge is 2.10. The van der Waals surface area contributed by atoms with Crippen molar-refractivity contribution < 1.29 is 0 Å². The molecule has 3 heterocycles. The van der Waals surface area contributed by atoms with E-state index in [-0.39, 0.29) is 0 Å². The Morgan fingerprint density at radius 3 is 2.83 bits per heavy atom. The molecule has 0 N–H and O–H groups in total. The zero-order chi connectivity index (χ0) is 16.2. The Kier molecular flexibility index (Phi) is 4.76. The van der Waals surface area contributed by atoms with Crippen molar-refractivity contribution in [2.24, 2.45) is 0 Å². The molecule has 0 aliphatic carbocycles. The van der Waals surface area contributed by atoms with Crippen LogP contribution in [0.2, 0.25) is 0 Å². The molecule has 0 atom stereocenters. The van der Waals surface area contributed by atoms with Gasteiger partial charge in [0.15, 0.2) is 11.0 Å². The Labute approximate surface area is 140 Å². The molecule has 0 bridgehead atoms. The zero-order valence-electron chi connectivity index (χ0n) is 13.6. The minimum absolute atomic E-state index is 0.852. The lowest BCUT2D eigenvalue weighted by Gasteiger charge is -2.08. The van der Waals surface area contributed by atoms with Crippen molar-refractivity contribution in [3.63, 3.8) is 0 Å². The van der Waals surface area contributed by atoms with Gasteiger partial charge in [-0.3, -0.25) is 0 Å². The molecule has 23 heavy (non-hydrogen) atoms. The lowest BCUT2D eigenvalue weighted by molar-refractivity contribution is 0.660. The van der Waals surface area contributed by atoms with Crippen molar-refractivity contribution in [1.82, 2.24) is 29.3 Å². The first kappa shape index (κ1) is 15.7. The lowest BCUT2D eigenvalue weighted by Crippen LogP contribution is -2.05. The van der Waals surface area contributed by atoms with Crippen molar-refractivity contribution in [3.8, 4) is 11.5 Å². The largest absolute Gasteiger partial charge is 0.329 e. The first-order valence-corrected chi connectivity index (χ1v) is 8.65. The molecule has 3 rings (SSSR count). The average molecular weight is 328 g/mol. The Bertz CT molecular complexity index is 791. The standard InChI is InChI=1S/C16H20N6S/c1-4-22-13(3)19-20-16(22)23-11-10-21-9-8-17-15(21)14-7-5-6-12(2)18-14/h5-9H,4,10-11H2,1-3H3. The molecule has 6 nitrogen and oxygen atoms in total. The number of pyridine rings is 1. The van der Waals surface area contributed by atoms with Crippen LogP contribution in [0.5, 0.6) is 0 Å². The molecule has 120 valence electrons. The highest BCUT2D eigenvalue weighted by molar-refractivity contribution is 7.99. The normalized spacial score (nSPS) is 11.1. The van der Waals surface area contributed by atoms with Crippen molar-refractivity contribution in [2.45, 2.75) is 39.0 Å². The third kappa shape index (κ3) is 3.44. The van der Waals surface area contributed by atoms with Crippen molar-refractivity contribution in [2.75, 3.05) is 5.75 Å². The fourth-order valence-corrected chi connectivity index (χ4v) is 3.44. The van der Waals surface area contributed by atoms with E-state index >= 15 is 0 Å². The van der Waals surface area contributed by atoms with Crippen LogP contribution in [0.1, 0.15) is 18.4 Å². The van der Waals surface area contributed by atoms with E-state index < -0.39 is 0 Å². The zero-order valence-corrected chi connectivity index (χ0v) is 14.4. The predicted octanol–water partition coefficient (Wildman–Crippen LogP) is 2.97. The van der Waals surface area contributed by atoms with Crippen LogP contribution in [0.25, 0.3) is 11.5 Å². The predicted molar refractivity (Wildman–Crippen MR) is 91.4 cm³/mol. The van der Waals surface area contributed by atoms with Crippen molar-refractivity contribution in [3.05, 3.63) is 42.1 Å². The highest BCUT2D eigenvalue weighted by Crippen LogP contribution is 2.19. The summed E-state index contributed by atoms with van der Waals surface area (Å²) in [5.41, 5.74) is 1.91. The summed E-state index contributed by atoms with van der Waals surface area (Å²) >= 11 is 1.72. The summed E-state index contributed by atoms with van der Waals surface area (Å²) in [7, 11) is 0. The van der Waals surface area contributed by atoms with Gasteiger partial charge >= 0.3 is 0 Å². The molecule has 0 saturated carbocycles. The topological polar surface area (TPSA) is 61.4 Å². The van der Waals surface area contributed by atoms with Crippen LogP contribution in [-0.2, 0) is 13.1 Å². The molecule has 0 fully saturated rings. The van der Waals surface area contributed by atoms with Crippen LogP contribution >= 0.6 is 11.8 Å². The summed E-state index contributed by atoms with van der Waals surface area (Å²) in [6.07, 6.45) is 3.82. The quantitative estimate of drug-likeness (QED) is 0.651. The molecular formula is C16H20N6S. The summed E-state index contributed by atoms with van der Waals surface area (Å²) < 4.78 is 4.26. The maximum atomic E-state index is 4.56. The molecule has 0 aliphatic heterocycles. The second-order valence-corrected chi connectivity index (χ2v) is 6.29. The smallest absolute Gasteiger partial charge is 0.191 e. The van der Waals surface area contributed by atoms with Crippen molar-refractivity contribution >= 4 is 11.8 Å².